The van der Waals surface area contributed by atoms with E-state index in [0.29, 0.717) is 23.5 Å². The lowest BCUT2D eigenvalue weighted by Crippen LogP contribution is -2.38. The second-order valence-electron chi connectivity index (χ2n) is 9.31. The molecule has 3 rings (SSSR count). The van der Waals surface area contributed by atoms with E-state index in [1.165, 1.54) is 11.8 Å². The highest BCUT2D eigenvalue weighted by Crippen LogP contribution is 2.40. The lowest BCUT2D eigenvalue weighted by molar-refractivity contribution is 0.246. The molecule has 0 radical (unpaired) electrons. The molecular weight excluding hydrogens is 464 g/mol. The van der Waals surface area contributed by atoms with E-state index in [2.05, 4.69) is 13.8 Å². The predicted molar refractivity (Wildman–Crippen MR) is 140 cm³/mol. The van der Waals surface area contributed by atoms with E-state index in [-0.39, 0.29) is 5.41 Å². The molecule has 0 aliphatic rings. The molecule has 34 heavy (non-hydrogen) atoms. The molecule has 0 aliphatic carbocycles. The second-order valence-corrected chi connectivity index (χ2v) is 12.6. The van der Waals surface area contributed by atoms with Crippen molar-refractivity contribution in [2.24, 2.45) is 0 Å². The summed E-state index contributed by atoms with van der Waals surface area (Å²) in [6.45, 7) is 7.97. The normalized spacial score (nSPS) is 14.6. The Morgan fingerprint density at radius 2 is 1.56 bits per heavy atom. The number of thioether (sulfide) groups is 1. The van der Waals surface area contributed by atoms with Crippen LogP contribution in [0.5, 0.6) is 0 Å². The molecular formula is C28H34O4S2. The van der Waals surface area contributed by atoms with E-state index >= 15 is 0 Å². The van der Waals surface area contributed by atoms with Crippen LogP contribution in [-0.4, -0.2) is 20.3 Å². The van der Waals surface area contributed by atoms with Crippen LogP contribution in [0.3, 0.4) is 0 Å². The standard InChI is InChI=1S/C28H34O4S2/c1-22-17-18-25(32-22)27(2,3)19-12-20-28(4,34(29,30)24-15-10-7-11-16-24)26(31-5)21-33-23-13-8-6-9-14-23/h6-11,13-18,21H,12,19-20H2,1-5H3/b26-21+. The number of methoxy groups -OCH3 is 1. The molecule has 0 saturated heterocycles. The van der Waals surface area contributed by atoms with E-state index in [9.17, 15) is 8.42 Å². The van der Waals surface area contributed by atoms with Crippen LogP contribution in [0, 0.1) is 6.92 Å². The third kappa shape index (κ3) is 5.78. The summed E-state index contributed by atoms with van der Waals surface area (Å²) in [4.78, 5) is 1.32. The van der Waals surface area contributed by atoms with Crippen LogP contribution in [0.4, 0.5) is 0 Å². The fourth-order valence-electron chi connectivity index (χ4n) is 4.05. The molecule has 1 unspecified atom stereocenters. The fourth-order valence-corrected chi connectivity index (χ4v) is 6.89. The van der Waals surface area contributed by atoms with Crippen LogP contribution >= 0.6 is 11.8 Å². The van der Waals surface area contributed by atoms with Gasteiger partial charge in [0, 0.05) is 15.7 Å². The van der Waals surface area contributed by atoms with Crippen LogP contribution < -0.4 is 0 Å². The fraction of sp³-hybridized carbons (Fsp3) is 0.357. The summed E-state index contributed by atoms with van der Waals surface area (Å²) < 4.78 is 38.3. The average Bonchev–Trinajstić information content (AvgIpc) is 3.28. The summed E-state index contributed by atoms with van der Waals surface area (Å²) in [6.07, 6.45) is 1.89. The van der Waals surface area contributed by atoms with Crippen molar-refractivity contribution in [3.05, 3.63) is 95.5 Å². The summed E-state index contributed by atoms with van der Waals surface area (Å²) in [7, 11) is -2.18. The Morgan fingerprint density at radius 1 is 0.941 bits per heavy atom. The molecule has 3 aromatic rings. The van der Waals surface area contributed by atoms with Crippen molar-refractivity contribution in [3.8, 4) is 0 Å². The number of rotatable bonds is 11. The quantitative estimate of drug-likeness (QED) is 0.202. The Labute approximate surface area is 208 Å². The van der Waals surface area contributed by atoms with E-state index in [1.807, 2.05) is 60.9 Å². The summed E-state index contributed by atoms with van der Waals surface area (Å²) in [6, 6.07) is 22.5. The first kappa shape index (κ1) is 26.2. The zero-order chi connectivity index (χ0) is 24.8. The van der Waals surface area contributed by atoms with E-state index in [1.54, 1.807) is 38.3 Å². The van der Waals surface area contributed by atoms with Crippen molar-refractivity contribution in [2.75, 3.05) is 7.11 Å². The van der Waals surface area contributed by atoms with Crippen molar-refractivity contribution < 1.29 is 17.6 Å². The molecule has 0 amide bonds. The zero-order valence-electron chi connectivity index (χ0n) is 20.6. The largest absolute Gasteiger partial charge is 0.499 e. The van der Waals surface area contributed by atoms with Gasteiger partial charge in [-0.05, 0) is 63.1 Å². The third-order valence-electron chi connectivity index (χ3n) is 6.30. The second kappa shape index (κ2) is 10.9. The molecule has 1 heterocycles. The predicted octanol–water partition coefficient (Wildman–Crippen LogP) is 7.55. The average molecular weight is 499 g/mol. The topological polar surface area (TPSA) is 56.5 Å². The molecule has 0 fully saturated rings. The highest BCUT2D eigenvalue weighted by atomic mass is 32.2. The van der Waals surface area contributed by atoms with E-state index in [0.717, 1.165) is 22.8 Å². The Kier molecular flexibility index (Phi) is 8.37. The Hall–Kier alpha value is -2.44. The minimum atomic E-state index is -3.72. The van der Waals surface area contributed by atoms with Crippen LogP contribution in [0.2, 0.25) is 0 Å². The van der Waals surface area contributed by atoms with Gasteiger partial charge in [0.25, 0.3) is 0 Å². The number of ether oxygens (including phenoxy) is 1. The molecule has 1 atom stereocenters. The molecule has 0 N–H and O–H groups in total. The highest BCUT2D eigenvalue weighted by molar-refractivity contribution is 8.02. The van der Waals surface area contributed by atoms with Gasteiger partial charge in [0.2, 0.25) is 0 Å². The number of benzene rings is 2. The first-order chi connectivity index (χ1) is 16.1. The lowest BCUT2D eigenvalue weighted by Gasteiger charge is -2.32. The Morgan fingerprint density at radius 3 is 2.12 bits per heavy atom. The van der Waals surface area contributed by atoms with E-state index < -0.39 is 14.6 Å². The minimum absolute atomic E-state index is 0.207. The van der Waals surface area contributed by atoms with Gasteiger partial charge in [0.15, 0.2) is 9.84 Å². The number of sulfone groups is 1. The van der Waals surface area contributed by atoms with Gasteiger partial charge in [-0.1, -0.05) is 68.4 Å². The molecule has 6 heteroatoms. The van der Waals surface area contributed by atoms with Crippen LogP contribution in [-0.2, 0) is 20.0 Å². The summed E-state index contributed by atoms with van der Waals surface area (Å²) in [5, 5.41) is 1.83. The molecule has 2 aromatic carbocycles. The first-order valence-corrected chi connectivity index (χ1v) is 13.8. The highest BCUT2D eigenvalue weighted by Gasteiger charge is 2.45. The minimum Gasteiger partial charge on any atom is -0.499 e. The smallest absolute Gasteiger partial charge is 0.191 e. The van der Waals surface area contributed by atoms with Crippen molar-refractivity contribution in [2.45, 2.75) is 66.9 Å². The third-order valence-corrected chi connectivity index (χ3v) is 9.66. The molecule has 0 spiro atoms. The van der Waals surface area contributed by atoms with Crippen molar-refractivity contribution in [1.82, 2.24) is 0 Å². The zero-order valence-corrected chi connectivity index (χ0v) is 22.2. The summed E-state index contributed by atoms with van der Waals surface area (Å²) in [5.74, 6) is 2.23. The van der Waals surface area contributed by atoms with Gasteiger partial charge < -0.3 is 9.15 Å². The molecule has 0 aliphatic heterocycles. The molecule has 1 aromatic heterocycles. The van der Waals surface area contributed by atoms with Gasteiger partial charge in [-0.25, -0.2) is 8.42 Å². The van der Waals surface area contributed by atoms with E-state index in [4.69, 9.17) is 9.15 Å². The van der Waals surface area contributed by atoms with Crippen LogP contribution in [0.1, 0.15) is 51.6 Å². The maximum atomic E-state index is 13.9. The number of hydrogen-bond acceptors (Lipinski definition) is 5. The van der Waals surface area contributed by atoms with Gasteiger partial charge in [-0.2, -0.15) is 0 Å². The van der Waals surface area contributed by atoms with Crippen LogP contribution in [0.15, 0.2) is 98.2 Å². The van der Waals surface area contributed by atoms with Crippen LogP contribution in [0.25, 0.3) is 0 Å². The first-order valence-electron chi connectivity index (χ1n) is 11.4. The Bertz CT molecular complexity index is 1200. The number of furan rings is 1. The summed E-state index contributed by atoms with van der Waals surface area (Å²) in [5.41, 5.74) is -0.207. The van der Waals surface area contributed by atoms with Gasteiger partial charge in [0.05, 0.1) is 12.0 Å². The monoisotopic (exact) mass is 498 g/mol. The lowest BCUT2D eigenvalue weighted by atomic mass is 9.83. The van der Waals surface area contributed by atoms with Crippen molar-refractivity contribution >= 4 is 21.6 Å². The Balaban J connectivity index is 1.92. The van der Waals surface area contributed by atoms with Gasteiger partial charge in [-0.3, -0.25) is 0 Å². The molecule has 182 valence electrons. The van der Waals surface area contributed by atoms with Gasteiger partial charge >= 0.3 is 0 Å². The SMILES string of the molecule is CO/C(=C/Sc1ccccc1)C(C)(CCCC(C)(C)c1ccc(C)o1)S(=O)(=O)c1ccccc1. The summed E-state index contributed by atoms with van der Waals surface area (Å²) >= 11 is 1.46. The van der Waals surface area contributed by atoms with Gasteiger partial charge in [0.1, 0.15) is 22.0 Å². The number of aryl methyl sites for hydroxylation is 1. The maximum absolute atomic E-state index is 13.9. The van der Waals surface area contributed by atoms with Crippen molar-refractivity contribution in [3.63, 3.8) is 0 Å². The molecule has 0 bridgehead atoms. The van der Waals surface area contributed by atoms with Gasteiger partial charge in [-0.15, -0.1) is 0 Å². The number of hydrogen-bond donors (Lipinski definition) is 0. The molecule has 0 saturated carbocycles. The van der Waals surface area contributed by atoms with Crippen molar-refractivity contribution in [1.29, 1.82) is 0 Å². The molecule has 4 nitrogen and oxygen atoms in total. The maximum Gasteiger partial charge on any atom is 0.191 e.